The van der Waals surface area contributed by atoms with E-state index in [2.05, 4.69) is 20.4 Å². The van der Waals surface area contributed by atoms with E-state index in [9.17, 15) is 18.0 Å². The maximum Gasteiger partial charge on any atom is 0.429 e. The van der Waals surface area contributed by atoms with Gasteiger partial charge in [0.1, 0.15) is 18.0 Å². The Labute approximate surface area is 258 Å². The first-order chi connectivity index (χ1) is 21.0. The summed E-state index contributed by atoms with van der Waals surface area (Å²) in [5, 5.41) is 7.87. The first-order valence-corrected chi connectivity index (χ1v) is 15.2. The van der Waals surface area contributed by atoms with Crippen LogP contribution >= 0.6 is 11.6 Å². The Morgan fingerprint density at radius 2 is 1.91 bits per heavy atom. The maximum absolute atomic E-state index is 14.5. The third-order valence-electron chi connectivity index (χ3n) is 8.86. The number of carbonyl (C=O) groups excluding carboxylic acids is 1. The normalized spacial score (nSPS) is 21.1. The van der Waals surface area contributed by atoms with Crippen molar-refractivity contribution in [3.8, 4) is 11.6 Å². The van der Waals surface area contributed by atoms with Crippen molar-refractivity contribution in [1.82, 2.24) is 25.1 Å². The van der Waals surface area contributed by atoms with Crippen molar-refractivity contribution < 1.29 is 27.4 Å². The van der Waals surface area contributed by atoms with E-state index in [0.717, 1.165) is 38.5 Å². The Hall–Kier alpha value is -3.58. The number of hydrogen-bond donors (Lipinski definition) is 2. The van der Waals surface area contributed by atoms with Crippen LogP contribution in [-0.2, 0) is 9.53 Å². The SMILES string of the molecule is Cc1ccn(-c2cc(Cl)ccc2[C@@H](Oc2cc(N3CCC4(CC3)CNC(C(=O)OC3CCCC3)C4)nc(N)n2)C(F)(F)F)n1. The molecule has 0 amide bonds. The molecule has 3 fully saturated rings. The molecule has 1 aliphatic carbocycles. The van der Waals surface area contributed by atoms with Gasteiger partial charge in [0.05, 0.1) is 11.4 Å². The van der Waals surface area contributed by atoms with Crippen LogP contribution in [0, 0.1) is 12.3 Å². The van der Waals surface area contributed by atoms with E-state index in [1.807, 2.05) is 4.90 Å². The lowest BCUT2D eigenvalue weighted by atomic mass is 9.76. The van der Waals surface area contributed by atoms with Gasteiger partial charge in [0.25, 0.3) is 0 Å². The zero-order valence-corrected chi connectivity index (χ0v) is 25.1. The van der Waals surface area contributed by atoms with Crippen molar-refractivity contribution in [2.45, 2.75) is 76.3 Å². The summed E-state index contributed by atoms with van der Waals surface area (Å²) in [4.78, 5) is 23.0. The molecular weight excluding hydrogens is 599 g/mol. The highest BCUT2D eigenvalue weighted by Crippen LogP contribution is 2.43. The highest BCUT2D eigenvalue weighted by atomic mass is 35.5. The number of rotatable bonds is 7. The number of halogens is 4. The fourth-order valence-electron chi connectivity index (χ4n) is 6.49. The molecule has 10 nitrogen and oxygen atoms in total. The highest BCUT2D eigenvalue weighted by Gasteiger charge is 2.46. The van der Waals surface area contributed by atoms with Crippen molar-refractivity contribution in [3.63, 3.8) is 0 Å². The first kappa shape index (κ1) is 30.4. The number of nitrogen functional groups attached to an aromatic ring is 1. The molecule has 1 unspecified atom stereocenters. The number of piperidine rings is 1. The van der Waals surface area contributed by atoms with Crippen LogP contribution in [0.3, 0.4) is 0 Å². The Morgan fingerprint density at radius 1 is 1.16 bits per heavy atom. The van der Waals surface area contributed by atoms with Gasteiger partial charge in [-0.3, -0.25) is 4.79 Å². The number of aryl methyl sites for hydroxylation is 1. The molecule has 2 aromatic heterocycles. The summed E-state index contributed by atoms with van der Waals surface area (Å²) in [6.45, 7) is 3.62. The number of anilines is 2. The monoisotopic (exact) mass is 633 g/mol. The molecule has 3 aliphatic rings. The number of ether oxygens (including phenoxy) is 2. The molecule has 1 aromatic carbocycles. The van der Waals surface area contributed by atoms with Gasteiger partial charge in [-0.25, -0.2) is 4.68 Å². The van der Waals surface area contributed by atoms with Crippen molar-refractivity contribution in [2.75, 3.05) is 30.3 Å². The number of benzene rings is 1. The molecule has 2 saturated heterocycles. The molecule has 4 heterocycles. The molecule has 14 heteroatoms. The van der Waals surface area contributed by atoms with Gasteiger partial charge in [0.15, 0.2) is 0 Å². The summed E-state index contributed by atoms with van der Waals surface area (Å²) < 4.78 is 56.1. The molecule has 0 bridgehead atoms. The van der Waals surface area contributed by atoms with Crippen molar-refractivity contribution in [3.05, 3.63) is 52.8 Å². The Kier molecular flexibility index (Phi) is 8.35. The predicted molar refractivity (Wildman–Crippen MR) is 158 cm³/mol. The van der Waals surface area contributed by atoms with Crippen LogP contribution in [0.5, 0.6) is 5.88 Å². The van der Waals surface area contributed by atoms with Crippen LogP contribution in [0.4, 0.5) is 24.9 Å². The van der Waals surface area contributed by atoms with Gasteiger partial charge < -0.3 is 25.4 Å². The summed E-state index contributed by atoms with van der Waals surface area (Å²) >= 11 is 6.15. The van der Waals surface area contributed by atoms with E-state index in [0.29, 0.717) is 37.6 Å². The lowest BCUT2D eigenvalue weighted by Gasteiger charge is -2.39. The maximum atomic E-state index is 14.5. The zero-order valence-electron chi connectivity index (χ0n) is 24.3. The Balaban J connectivity index is 1.17. The van der Waals surface area contributed by atoms with Gasteiger partial charge in [-0.15, -0.1) is 0 Å². The first-order valence-electron chi connectivity index (χ1n) is 14.9. The summed E-state index contributed by atoms with van der Waals surface area (Å²) in [6, 6.07) is 6.80. The largest absolute Gasteiger partial charge is 0.461 e. The number of nitrogens with zero attached hydrogens (tertiary/aromatic N) is 5. The van der Waals surface area contributed by atoms with Gasteiger partial charge in [0.2, 0.25) is 17.9 Å². The number of nitrogens with one attached hydrogen (secondary N) is 1. The van der Waals surface area contributed by atoms with Crippen LogP contribution in [-0.4, -0.2) is 63.7 Å². The summed E-state index contributed by atoms with van der Waals surface area (Å²) in [5.74, 6) is -0.294. The Bertz CT molecular complexity index is 1500. The van der Waals surface area contributed by atoms with Gasteiger partial charge in [-0.05, 0) is 75.5 Å². The average molecular weight is 634 g/mol. The molecule has 44 heavy (non-hydrogen) atoms. The van der Waals surface area contributed by atoms with E-state index in [1.165, 1.54) is 28.9 Å². The van der Waals surface area contributed by atoms with Gasteiger partial charge in [-0.1, -0.05) is 17.7 Å². The summed E-state index contributed by atoms with van der Waals surface area (Å²) in [7, 11) is 0. The number of carbonyl (C=O) groups is 1. The molecule has 236 valence electrons. The van der Waals surface area contributed by atoms with Crippen molar-refractivity contribution in [2.24, 2.45) is 5.41 Å². The van der Waals surface area contributed by atoms with E-state index >= 15 is 0 Å². The lowest BCUT2D eigenvalue weighted by Crippen LogP contribution is -2.41. The van der Waals surface area contributed by atoms with E-state index in [1.54, 1.807) is 19.2 Å². The molecular formula is C30H35ClF3N7O3. The molecule has 1 saturated carbocycles. The van der Waals surface area contributed by atoms with Crippen LogP contribution in [0.25, 0.3) is 5.69 Å². The molecule has 0 radical (unpaired) electrons. The number of esters is 1. The lowest BCUT2D eigenvalue weighted by molar-refractivity contribution is -0.198. The molecule has 6 rings (SSSR count). The number of nitrogens with two attached hydrogens (primary N) is 1. The zero-order chi connectivity index (χ0) is 31.1. The minimum absolute atomic E-state index is 0.0281. The van der Waals surface area contributed by atoms with Crippen LogP contribution in [0.1, 0.15) is 62.3 Å². The topological polar surface area (TPSA) is 120 Å². The minimum atomic E-state index is -4.80. The third kappa shape index (κ3) is 6.58. The molecule has 2 atom stereocenters. The van der Waals surface area contributed by atoms with Crippen LogP contribution in [0.15, 0.2) is 36.5 Å². The number of hydrogen-bond acceptors (Lipinski definition) is 9. The third-order valence-corrected chi connectivity index (χ3v) is 9.10. The number of alkyl halides is 3. The molecule has 1 spiro atoms. The van der Waals surface area contributed by atoms with Crippen molar-refractivity contribution in [1.29, 1.82) is 0 Å². The molecule has 3 N–H and O–H groups in total. The quantitative estimate of drug-likeness (QED) is 0.333. The van der Waals surface area contributed by atoms with Gasteiger partial charge in [0, 0.05) is 42.5 Å². The number of aromatic nitrogens is 4. The Morgan fingerprint density at radius 3 is 2.59 bits per heavy atom. The second kappa shape index (κ2) is 12.1. The minimum Gasteiger partial charge on any atom is -0.461 e. The van der Waals surface area contributed by atoms with Crippen LogP contribution < -0.4 is 20.7 Å². The summed E-state index contributed by atoms with van der Waals surface area (Å²) in [5.41, 5.74) is 6.48. The highest BCUT2D eigenvalue weighted by molar-refractivity contribution is 6.30. The van der Waals surface area contributed by atoms with E-state index in [-0.39, 0.29) is 51.6 Å². The smallest absolute Gasteiger partial charge is 0.429 e. The molecule has 2 aliphatic heterocycles. The fourth-order valence-corrected chi connectivity index (χ4v) is 6.66. The predicted octanol–water partition coefficient (Wildman–Crippen LogP) is 5.32. The van der Waals surface area contributed by atoms with E-state index < -0.39 is 12.3 Å². The van der Waals surface area contributed by atoms with Gasteiger partial charge >= 0.3 is 12.1 Å². The fraction of sp³-hybridized carbons (Fsp3) is 0.533. The second-order valence-electron chi connectivity index (χ2n) is 12.0. The molecule has 3 aromatic rings. The second-order valence-corrected chi connectivity index (χ2v) is 12.5. The average Bonchev–Trinajstić information content (AvgIpc) is 3.74. The standard InChI is InChI=1S/C30H35ClF3N7O3/c1-18-8-11-41(39-18)23-14-19(31)6-7-21(23)26(30(32,33)34)44-25-15-24(37-28(35)38-25)40-12-9-29(10-13-40)16-22(36-17-29)27(42)43-20-4-2-3-5-20/h6-8,11,14-15,20,22,26,36H,2-5,9-10,12-13,16-17H2,1H3,(H2,35,37,38)/t22?,26-/m1/s1. The van der Waals surface area contributed by atoms with E-state index in [4.69, 9.17) is 26.8 Å². The summed E-state index contributed by atoms with van der Waals surface area (Å²) in [6.07, 6.45) is 0.708. The van der Waals surface area contributed by atoms with Gasteiger partial charge in [-0.2, -0.15) is 28.2 Å². The van der Waals surface area contributed by atoms with Crippen molar-refractivity contribution >= 4 is 29.3 Å². The van der Waals surface area contributed by atoms with Crippen LogP contribution in [0.2, 0.25) is 5.02 Å².